The van der Waals surface area contributed by atoms with Gasteiger partial charge in [0.25, 0.3) is 0 Å². The Labute approximate surface area is 126 Å². The molecule has 4 bridgehead atoms. The fraction of sp³-hybridized carbons (Fsp3) is 0.882. The molecule has 4 heteroatoms. The number of nitrogens with one attached hydrogen (secondary N) is 1. The Morgan fingerprint density at radius 2 is 1.52 bits per heavy atom. The summed E-state index contributed by atoms with van der Waals surface area (Å²) < 4.78 is 0. The van der Waals surface area contributed by atoms with E-state index in [-0.39, 0.29) is 17.9 Å². The summed E-state index contributed by atoms with van der Waals surface area (Å²) in [4.78, 5) is 25.4. The van der Waals surface area contributed by atoms with E-state index in [2.05, 4.69) is 5.32 Å². The molecule has 1 aliphatic heterocycles. The van der Waals surface area contributed by atoms with Gasteiger partial charge in [0.2, 0.25) is 11.8 Å². The first-order valence-electron chi connectivity index (χ1n) is 8.60. The third-order valence-electron chi connectivity index (χ3n) is 6.69. The van der Waals surface area contributed by atoms with Crippen LogP contribution in [0.1, 0.15) is 51.4 Å². The minimum Gasteiger partial charge on any atom is -0.315 e. The van der Waals surface area contributed by atoms with E-state index in [0.717, 1.165) is 17.8 Å². The van der Waals surface area contributed by atoms with Gasteiger partial charge in [-0.2, -0.15) is 0 Å². The average Bonchev–Trinajstić information content (AvgIpc) is 2.74. The molecule has 0 aromatic carbocycles. The summed E-state index contributed by atoms with van der Waals surface area (Å²) >= 11 is 0. The lowest BCUT2D eigenvalue weighted by Crippen LogP contribution is -2.59. The zero-order valence-corrected chi connectivity index (χ0v) is 12.9. The highest BCUT2D eigenvalue weighted by atomic mass is 16.2. The fourth-order valence-corrected chi connectivity index (χ4v) is 6.20. The van der Waals surface area contributed by atoms with Crippen molar-refractivity contribution < 1.29 is 9.59 Å². The van der Waals surface area contributed by atoms with Crippen molar-refractivity contribution in [1.82, 2.24) is 10.2 Å². The summed E-state index contributed by atoms with van der Waals surface area (Å²) in [7, 11) is 2.01. The van der Waals surface area contributed by atoms with Crippen LogP contribution in [0.3, 0.4) is 0 Å². The summed E-state index contributed by atoms with van der Waals surface area (Å²) in [6.45, 7) is 0.598. The minimum atomic E-state index is 0.0324. The number of likely N-dealkylation sites (tertiary alicyclic amines) is 1. The molecular weight excluding hydrogens is 264 g/mol. The highest BCUT2D eigenvalue weighted by Crippen LogP contribution is 2.61. The SMILES string of the molecule is CNC(CN1C(=O)CCC1=O)C12CC3CC(CC(C3)C1)C2. The van der Waals surface area contributed by atoms with E-state index in [1.807, 2.05) is 7.05 Å². The van der Waals surface area contributed by atoms with Crippen molar-refractivity contribution in [2.75, 3.05) is 13.6 Å². The first kappa shape index (κ1) is 13.7. The van der Waals surface area contributed by atoms with Gasteiger partial charge in [0.1, 0.15) is 0 Å². The number of amides is 2. The van der Waals surface area contributed by atoms with E-state index in [4.69, 9.17) is 0 Å². The van der Waals surface area contributed by atoms with Crippen molar-refractivity contribution >= 4 is 11.8 Å². The second-order valence-corrected chi connectivity index (χ2v) is 8.02. The first-order chi connectivity index (χ1) is 10.1. The van der Waals surface area contributed by atoms with Crippen molar-refractivity contribution in [3.8, 4) is 0 Å². The van der Waals surface area contributed by atoms with Gasteiger partial charge < -0.3 is 5.32 Å². The molecule has 0 aromatic rings. The number of carbonyl (C=O) groups is 2. The average molecular weight is 290 g/mol. The molecule has 2 amide bonds. The van der Waals surface area contributed by atoms with Crippen molar-refractivity contribution in [3.05, 3.63) is 0 Å². The quantitative estimate of drug-likeness (QED) is 0.805. The second-order valence-electron chi connectivity index (χ2n) is 8.02. The summed E-state index contributed by atoms with van der Waals surface area (Å²) in [5.74, 6) is 2.76. The molecule has 0 aromatic heterocycles. The third-order valence-corrected chi connectivity index (χ3v) is 6.69. The lowest BCUT2D eigenvalue weighted by molar-refractivity contribution is -0.140. The van der Waals surface area contributed by atoms with Gasteiger partial charge in [-0.25, -0.2) is 0 Å². The molecule has 4 nitrogen and oxygen atoms in total. The topological polar surface area (TPSA) is 49.4 Å². The number of rotatable bonds is 4. The molecule has 5 rings (SSSR count). The number of nitrogens with zero attached hydrogens (tertiary/aromatic N) is 1. The number of imide groups is 1. The predicted octanol–water partition coefficient (Wildman–Crippen LogP) is 1.94. The Morgan fingerprint density at radius 1 is 1.05 bits per heavy atom. The van der Waals surface area contributed by atoms with E-state index in [9.17, 15) is 9.59 Å². The molecule has 5 aliphatic rings. The van der Waals surface area contributed by atoms with Crippen LogP contribution >= 0.6 is 0 Å². The third kappa shape index (κ3) is 2.14. The number of carbonyl (C=O) groups excluding carboxylic acids is 2. The van der Waals surface area contributed by atoms with E-state index in [1.54, 1.807) is 0 Å². The van der Waals surface area contributed by atoms with Crippen molar-refractivity contribution in [2.24, 2.45) is 23.2 Å². The Kier molecular flexibility index (Phi) is 3.14. The largest absolute Gasteiger partial charge is 0.315 e. The lowest BCUT2D eigenvalue weighted by Gasteiger charge is -2.59. The van der Waals surface area contributed by atoms with E-state index in [1.165, 1.54) is 43.4 Å². The van der Waals surface area contributed by atoms with E-state index in [0.29, 0.717) is 24.8 Å². The fourth-order valence-electron chi connectivity index (χ4n) is 6.20. The maximum atomic E-state index is 11.9. The predicted molar refractivity (Wildman–Crippen MR) is 79.4 cm³/mol. The van der Waals surface area contributed by atoms with Gasteiger partial charge in [-0.15, -0.1) is 0 Å². The van der Waals surface area contributed by atoms with E-state index < -0.39 is 0 Å². The van der Waals surface area contributed by atoms with Crippen LogP contribution < -0.4 is 5.32 Å². The van der Waals surface area contributed by atoms with Gasteiger partial charge in [-0.05, 0) is 68.7 Å². The summed E-state index contributed by atoms with van der Waals surface area (Å²) in [6, 6.07) is 0.289. The molecule has 4 saturated carbocycles. The van der Waals surface area contributed by atoms with Gasteiger partial charge >= 0.3 is 0 Å². The lowest BCUT2D eigenvalue weighted by atomic mass is 9.47. The van der Waals surface area contributed by atoms with Gasteiger partial charge in [0.05, 0.1) is 0 Å². The Balaban J connectivity index is 1.55. The molecule has 1 atom stereocenters. The van der Waals surface area contributed by atoms with Crippen LogP contribution in [0.15, 0.2) is 0 Å². The van der Waals surface area contributed by atoms with Crippen LogP contribution in [0.25, 0.3) is 0 Å². The Hall–Kier alpha value is -0.900. The first-order valence-corrected chi connectivity index (χ1v) is 8.60. The summed E-state index contributed by atoms with van der Waals surface area (Å²) in [5.41, 5.74) is 0.340. The second kappa shape index (κ2) is 4.80. The molecule has 4 aliphatic carbocycles. The van der Waals surface area contributed by atoms with Gasteiger partial charge in [0, 0.05) is 25.4 Å². The maximum absolute atomic E-state index is 11.9. The molecule has 1 unspecified atom stereocenters. The number of hydrogen-bond donors (Lipinski definition) is 1. The zero-order chi connectivity index (χ0) is 14.6. The maximum Gasteiger partial charge on any atom is 0.229 e. The zero-order valence-electron chi connectivity index (χ0n) is 12.9. The minimum absolute atomic E-state index is 0.0324. The Morgan fingerprint density at radius 3 is 1.95 bits per heavy atom. The Bertz CT molecular complexity index is 422. The van der Waals surface area contributed by atoms with Crippen LogP contribution in [0, 0.1) is 23.2 Å². The molecule has 5 fully saturated rings. The van der Waals surface area contributed by atoms with Crippen molar-refractivity contribution in [1.29, 1.82) is 0 Å². The number of hydrogen-bond acceptors (Lipinski definition) is 3. The van der Waals surface area contributed by atoms with Gasteiger partial charge in [-0.1, -0.05) is 0 Å². The van der Waals surface area contributed by atoms with Crippen LogP contribution in [0.2, 0.25) is 0 Å². The molecule has 0 spiro atoms. The van der Waals surface area contributed by atoms with Crippen LogP contribution in [-0.2, 0) is 9.59 Å². The van der Waals surface area contributed by atoms with E-state index >= 15 is 0 Å². The molecule has 1 saturated heterocycles. The van der Waals surface area contributed by atoms with Gasteiger partial charge in [0.15, 0.2) is 0 Å². The molecule has 116 valence electrons. The van der Waals surface area contributed by atoms with Crippen LogP contribution in [0.5, 0.6) is 0 Å². The molecule has 0 radical (unpaired) electrons. The van der Waals surface area contributed by atoms with Gasteiger partial charge in [-0.3, -0.25) is 14.5 Å². The highest BCUT2D eigenvalue weighted by molar-refractivity contribution is 6.01. The highest BCUT2D eigenvalue weighted by Gasteiger charge is 2.54. The van der Waals surface area contributed by atoms with Crippen molar-refractivity contribution in [2.45, 2.75) is 57.4 Å². The smallest absolute Gasteiger partial charge is 0.229 e. The molecular formula is C17H26N2O2. The normalized spacial score (nSPS) is 42.9. The summed E-state index contributed by atoms with van der Waals surface area (Å²) in [6.07, 6.45) is 9.03. The molecule has 1 heterocycles. The van der Waals surface area contributed by atoms with Crippen LogP contribution in [-0.4, -0.2) is 36.3 Å². The molecule has 21 heavy (non-hydrogen) atoms. The van der Waals surface area contributed by atoms with Crippen LogP contribution in [0.4, 0.5) is 0 Å². The number of likely N-dealkylation sites (N-methyl/N-ethyl adjacent to an activating group) is 1. The molecule has 1 N–H and O–H groups in total. The summed E-state index contributed by atoms with van der Waals surface area (Å²) in [5, 5.41) is 3.48. The monoisotopic (exact) mass is 290 g/mol. The standard InChI is InChI=1S/C17H26N2O2/c1-18-14(10-19-15(20)2-3-16(19)21)17-7-11-4-12(8-17)6-13(5-11)9-17/h11-14,18H,2-10H2,1H3. The van der Waals surface area contributed by atoms with Crippen molar-refractivity contribution in [3.63, 3.8) is 0 Å².